The Labute approximate surface area is 201 Å². The van der Waals surface area contributed by atoms with Crippen LogP contribution in [0.3, 0.4) is 0 Å². The number of carbonyl (C=O) groups excluding carboxylic acids is 1. The lowest BCUT2D eigenvalue weighted by molar-refractivity contribution is -0.137. The highest BCUT2D eigenvalue weighted by atomic mass is 32.2. The summed E-state index contributed by atoms with van der Waals surface area (Å²) in [5.74, 6) is 0.584. The van der Waals surface area contributed by atoms with Gasteiger partial charge in [-0.3, -0.25) is 4.79 Å². The van der Waals surface area contributed by atoms with Crippen LogP contribution in [-0.4, -0.2) is 62.3 Å². The summed E-state index contributed by atoms with van der Waals surface area (Å²) in [4.78, 5) is 14.3. The number of alkyl halides is 3. The van der Waals surface area contributed by atoms with Gasteiger partial charge < -0.3 is 10.2 Å². The van der Waals surface area contributed by atoms with Crippen LogP contribution in [-0.2, 0) is 21.0 Å². The number of piperidine rings is 1. The van der Waals surface area contributed by atoms with E-state index in [0.29, 0.717) is 50.8 Å². The van der Waals surface area contributed by atoms with Crippen LogP contribution in [0.2, 0.25) is 0 Å². The molecule has 2 rings (SSSR count). The lowest BCUT2D eigenvalue weighted by Gasteiger charge is -2.39. The number of benzene rings is 1. The third-order valence-corrected chi connectivity index (χ3v) is 8.18. The van der Waals surface area contributed by atoms with Crippen LogP contribution in [0.4, 0.5) is 13.2 Å². The summed E-state index contributed by atoms with van der Waals surface area (Å²) in [6.07, 6.45) is -2.44. The van der Waals surface area contributed by atoms with Crippen molar-refractivity contribution in [1.29, 1.82) is 0 Å². The number of hydrogen-bond donors (Lipinski definition) is 1. The van der Waals surface area contributed by atoms with Crippen LogP contribution in [0.5, 0.6) is 0 Å². The largest absolute Gasteiger partial charge is 0.416 e. The zero-order valence-corrected chi connectivity index (χ0v) is 21.5. The molecule has 1 atom stereocenters. The minimum absolute atomic E-state index is 0.00381. The van der Waals surface area contributed by atoms with Gasteiger partial charge >= 0.3 is 6.18 Å². The number of halogens is 3. The molecular weight excluding hydrogens is 467 g/mol. The number of nitrogens with one attached hydrogen (secondary N) is 1. The van der Waals surface area contributed by atoms with Crippen molar-refractivity contribution in [1.82, 2.24) is 14.5 Å². The molecule has 1 aliphatic heterocycles. The van der Waals surface area contributed by atoms with E-state index < -0.39 is 21.8 Å². The Balaban J connectivity index is 2.23. The monoisotopic (exact) mass is 505 g/mol. The predicted octanol–water partition coefficient (Wildman–Crippen LogP) is 4.37. The maximum absolute atomic E-state index is 13.5. The second kappa shape index (κ2) is 11.9. The quantitative estimate of drug-likeness (QED) is 0.513. The van der Waals surface area contributed by atoms with E-state index in [-0.39, 0.29) is 35.3 Å². The molecule has 1 N–H and O–H groups in total. The Morgan fingerprint density at radius 3 is 2.26 bits per heavy atom. The van der Waals surface area contributed by atoms with Crippen LogP contribution < -0.4 is 5.32 Å². The fourth-order valence-corrected chi connectivity index (χ4v) is 6.01. The molecule has 0 aromatic heterocycles. The van der Waals surface area contributed by atoms with E-state index in [4.69, 9.17) is 0 Å². The van der Waals surface area contributed by atoms with Gasteiger partial charge in [-0.05, 0) is 62.8 Å². The van der Waals surface area contributed by atoms with E-state index in [1.165, 1.54) is 10.4 Å². The van der Waals surface area contributed by atoms with Gasteiger partial charge in [0.1, 0.15) is 0 Å². The van der Waals surface area contributed by atoms with Gasteiger partial charge in [0.25, 0.3) is 0 Å². The summed E-state index contributed by atoms with van der Waals surface area (Å²) in [6.45, 7) is 9.10. The Kier molecular flexibility index (Phi) is 9.97. The van der Waals surface area contributed by atoms with Gasteiger partial charge in [-0.2, -0.15) is 17.5 Å². The molecule has 0 radical (unpaired) electrons. The number of carbonyl (C=O) groups is 1. The van der Waals surface area contributed by atoms with Gasteiger partial charge in [-0.1, -0.05) is 33.8 Å². The van der Waals surface area contributed by atoms with Crippen molar-refractivity contribution in [3.05, 3.63) is 29.8 Å². The van der Waals surface area contributed by atoms with Crippen LogP contribution in [0.15, 0.2) is 29.2 Å². The molecule has 1 aliphatic rings. The third-order valence-electron chi connectivity index (χ3n) is 6.23. The minimum atomic E-state index is -4.63. The molecule has 0 aliphatic carbocycles. The van der Waals surface area contributed by atoms with Gasteiger partial charge in [0.05, 0.1) is 16.5 Å². The molecule has 34 heavy (non-hydrogen) atoms. The van der Waals surface area contributed by atoms with Crippen molar-refractivity contribution in [2.24, 2.45) is 11.8 Å². The maximum atomic E-state index is 13.5. The second-order valence-corrected chi connectivity index (χ2v) is 11.7. The van der Waals surface area contributed by atoms with E-state index in [1.54, 1.807) is 11.9 Å². The first-order valence-electron chi connectivity index (χ1n) is 11.9. The lowest BCUT2D eigenvalue weighted by Crippen LogP contribution is -2.53. The number of sulfonamides is 1. The highest BCUT2D eigenvalue weighted by Crippen LogP contribution is 2.32. The number of nitrogens with zero attached hydrogens (tertiary/aromatic N) is 2. The normalized spacial score (nSPS) is 17.1. The summed E-state index contributed by atoms with van der Waals surface area (Å²) >= 11 is 0. The van der Waals surface area contributed by atoms with E-state index in [0.717, 1.165) is 12.1 Å². The molecule has 1 saturated heterocycles. The van der Waals surface area contributed by atoms with Crippen molar-refractivity contribution in [2.75, 3.05) is 26.7 Å². The summed E-state index contributed by atoms with van der Waals surface area (Å²) in [7, 11) is -2.38. The highest BCUT2D eigenvalue weighted by molar-refractivity contribution is 7.89. The molecule has 0 saturated carbocycles. The Hall–Kier alpha value is -1.65. The first-order chi connectivity index (χ1) is 15.8. The van der Waals surface area contributed by atoms with Crippen molar-refractivity contribution < 1.29 is 26.4 Å². The van der Waals surface area contributed by atoms with Crippen molar-refractivity contribution in [3.8, 4) is 0 Å². The zero-order chi connectivity index (χ0) is 25.7. The van der Waals surface area contributed by atoms with Crippen LogP contribution in [0.1, 0.15) is 58.9 Å². The zero-order valence-electron chi connectivity index (χ0n) is 20.7. The average molecular weight is 506 g/mol. The molecule has 0 bridgehead atoms. The molecule has 0 spiro atoms. The Morgan fingerprint density at radius 1 is 1.15 bits per heavy atom. The first kappa shape index (κ1) is 28.6. The smallest absolute Gasteiger partial charge is 0.341 e. The molecule has 1 aromatic carbocycles. The minimum Gasteiger partial charge on any atom is -0.341 e. The summed E-state index contributed by atoms with van der Waals surface area (Å²) in [5.41, 5.74) is -0.985. The summed E-state index contributed by atoms with van der Waals surface area (Å²) < 4.78 is 67.9. The molecule has 1 amide bonds. The molecular formula is C24H38F3N3O3S. The van der Waals surface area contributed by atoms with Crippen LogP contribution in [0, 0.1) is 11.8 Å². The number of likely N-dealkylation sites (tertiary alicyclic amines) is 1. The summed E-state index contributed by atoms with van der Waals surface area (Å²) in [5, 5.41) is 3.07. The lowest BCUT2D eigenvalue weighted by atomic mass is 9.99. The summed E-state index contributed by atoms with van der Waals surface area (Å²) in [6, 6.07) is 3.26. The van der Waals surface area contributed by atoms with Crippen LogP contribution in [0.25, 0.3) is 0 Å². The van der Waals surface area contributed by atoms with Crippen molar-refractivity contribution in [2.45, 2.75) is 76.5 Å². The predicted molar refractivity (Wildman–Crippen MR) is 127 cm³/mol. The first-order valence-corrected chi connectivity index (χ1v) is 13.4. The number of hydrogen-bond acceptors (Lipinski definition) is 4. The van der Waals surface area contributed by atoms with Crippen molar-refractivity contribution in [3.63, 3.8) is 0 Å². The van der Waals surface area contributed by atoms with Crippen LogP contribution >= 0.6 is 0 Å². The molecule has 1 aromatic rings. The molecule has 194 valence electrons. The molecule has 10 heteroatoms. The Bertz CT molecular complexity index is 912. The molecule has 0 unspecified atom stereocenters. The van der Waals surface area contributed by atoms with E-state index in [1.807, 2.05) is 13.8 Å². The van der Waals surface area contributed by atoms with Crippen molar-refractivity contribution >= 4 is 15.9 Å². The fourth-order valence-electron chi connectivity index (χ4n) is 4.26. The number of amides is 1. The average Bonchev–Trinajstić information content (AvgIpc) is 2.76. The van der Waals surface area contributed by atoms with Gasteiger partial charge in [0.2, 0.25) is 15.9 Å². The van der Waals surface area contributed by atoms with E-state index in [2.05, 4.69) is 19.2 Å². The van der Waals surface area contributed by atoms with Gasteiger partial charge in [0.15, 0.2) is 0 Å². The fraction of sp³-hybridized carbons (Fsp3) is 0.708. The number of likely N-dealkylation sites (N-methyl/N-ethyl adjacent to an activating group) is 1. The Morgan fingerprint density at radius 2 is 1.76 bits per heavy atom. The van der Waals surface area contributed by atoms with Gasteiger partial charge in [-0.25, -0.2) is 8.42 Å². The topological polar surface area (TPSA) is 69.7 Å². The molecule has 1 heterocycles. The molecule has 6 nitrogen and oxygen atoms in total. The van der Waals surface area contributed by atoms with E-state index >= 15 is 0 Å². The standard InChI is InChI=1S/C24H38F3N3O3S/c1-17(2)9-14-30(34(32,33)21-8-6-7-19(16-21)24(25,26)27)20-10-12-29(13-11-20)23(31)22(28-5)15-18(3)4/h6-8,16-18,20,22,28H,9-15H2,1-5H3/t22-/m0/s1. The van der Waals surface area contributed by atoms with Gasteiger partial charge in [-0.15, -0.1) is 0 Å². The maximum Gasteiger partial charge on any atom is 0.416 e. The van der Waals surface area contributed by atoms with E-state index in [9.17, 15) is 26.4 Å². The second-order valence-electron chi connectivity index (χ2n) is 9.85. The molecule has 1 fully saturated rings. The third kappa shape index (κ3) is 7.42. The highest BCUT2D eigenvalue weighted by Gasteiger charge is 2.37. The number of rotatable bonds is 10. The van der Waals surface area contributed by atoms with Gasteiger partial charge in [0, 0.05) is 25.7 Å². The SMILES string of the molecule is CN[C@@H](CC(C)C)C(=O)N1CCC(N(CCC(C)C)S(=O)(=O)c2cccc(C(F)(F)F)c2)CC1.